The first-order valence-electron chi connectivity index (χ1n) is 5.30. The van der Waals surface area contributed by atoms with E-state index in [4.69, 9.17) is 5.11 Å². The Bertz CT molecular complexity index is 291. The normalized spacial score (nSPS) is 13.4. The number of hydrogen-bond donors (Lipinski definition) is 2. The molecule has 1 amide bonds. The zero-order valence-corrected chi connectivity index (χ0v) is 10.1. The lowest BCUT2D eigenvalue weighted by atomic mass is 10.0. The van der Waals surface area contributed by atoms with Crippen molar-refractivity contribution in [2.75, 3.05) is 13.2 Å². The molecule has 1 atom stereocenters. The highest BCUT2D eigenvalue weighted by atomic mass is 19.4. The van der Waals surface area contributed by atoms with Crippen LogP contribution in [0.2, 0.25) is 0 Å². The van der Waals surface area contributed by atoms with Crippen molar-refractivity contribution in [3.63, 3.8) is 0 Å². The van der Waals surface area contributed by atoms with Crippen LogP contribution in [0, 0.1) is 5.92 Å². The average molecular weight is 271 g/mol. The van der Waals surface area contributed by atoms with Gasteiger partial charge in [0.15, 0.2) is 0 Å². The van der Waals surface area contributed by atoms with Crippen LogP contribution in [0.25, 0.3) is 0 Å². The van der Waals surface area contributed by atoms with Crippen LogP contribution in [-0.4, -0.2) is 42.4 Å². The second-order valence-electron chi connectivity index (χ2n) is 4.05. The molecule has 5 nitrogen and oxygen atoms in total. The van der Waals surface area contributed by atoms with Crippen molar-refractivity contribution in [3.05, 3.63) is 0 Å². The number of nitrogens with one attached hydrogen (secondary N) is 1. The van der Waals surface area contributed by atoms with Crippen molar-refractivity contribution in [2.45, 2.75) is 32.5 Å². The molecule has 8 heteroatoms. The second-order valence-corrected chi connectivity index (χ2v) is 4.05. The molecule has 0 aliphatic heterocycles. The highest BCUT2D eigenvalue weighted by Gasteiger charge is 2.27. The van der Waals surface area contributed by atoms with Gasteiger partial charge in [-0.3, -0.25) is 4.79 Å². The maximum Gasteiger partial charge on any atom is 0.411 e. The van der Waals surface area contributed by atoms with Gasteiger partial charge in [0.1, 0.15) is 12.6 Å². The quantitative estimate of drug-likeness (QED) is 0.682. The number of amides is 1. The molecule has 18 heavy (non-hydrogen) atoms. The van der Waals surface area contributed by atoms with Crippen molar-refractivity contribution in [1.29, 1.82) is 0 Å². The average Bonchev–Trinajstić information content (AvgIpc) is 2.18. The first-order valence-corrected chi connectivity index (χ1v) is 5.30. The van der Waals surface area contributed by atoms with Gasteiger partial charge in [-0.05, 0) is 5.92 Å². The number of ether oxygens (including phenoxy) is 1. The minimum Gasteiger partial charge on any atom is -0.480 e. The Hall–Kier alpha value is -1.31. The minimum atomic E-state index is -4.43. The summed E-state index contributed by atoms with van der Waals surface area (Å²) < 4.78 is 39.3. The predicted molar refractivity (Wildman–Crippen MR) is 55.9 cm³/mol. The molecule has 0 saturated heterocycles. The lowest BCUT2D eigenvalue weighted by Crippen LogP contribution is -2.44. The van der Waals surface area contributed by atoms with Crippen LogP contribution in [0.15, 0.2) is 0 Å². The molecule has 0 spiro atoms. The number of carbonyl (C=O) groups excluding carboxylic acids is 1. The van der Waals surface area contributed by atoms with Gasteiger partial charge < -0.3 is 15.2 Å². The Kier molecular flexibility index (Phi) is 6.67. The molecule has 0 radical (unpaired) electrons. The smallest absolute Gasteiger partial charge is 0.411 e. The van der Waals surface area contributed by atoms with E-state index in [9.17, 15) is 22.8 Å². The third-order valence-corrected chi connectivity index (χ3v) is 1.99. The maximum absolute atomic E-state index is 11.7. The Morgan fingerprint density at radius 1 is 1.33 bits per heavy atom. The fraction of sp³-hybridized carbons (Fsp3) is 0.800. The molecule has 0 aromatic heterocycles. The highest BCUT2D eigenvalue weighted by molar-refractivity contribution is 5.83. The molecule has 0 aliphatic rings. The summed E-state index contributed by atoms with van der Waals surface area (Å²) in [6.07, 6.45) is -4.75. The zero-order valence-electron chi connectivity index (χ0n) is 10.1. The van der Waals surface area contributed by atoms with E-state index < -0.39 is 37.3 Å². The van der Waals surface area contributed by atoms with Gasteiger partial charge in [0.05, 0.1) is 6.61 Å². The van der Waals surface area contributed by atoms with E-state index in [1.54, 1.807) is 13.8 Å². The summed E-state index contributed by atoms with van der Waals surface area (Å²) in [7, 11) is 0. The van der Waals surface area contributed by atoms with Gasteiger partial charge in [0, 0.05) is 6.42 Å². The van der Waals surface area contributed by atoms with Crippen LogP contribution in [0.4, 0.5) is 13.2 Å². The summed E-state index contributed by atoms with van der Waals surface area (Å²) in [6, 6.07) is -1.06. The highest BCUT2D eigenvalue weighted by Crippen LogP contribution is 2.14. The van der Waals surface area contributed by atoms with E-state index in [1.165, 1.54) is 0 Å². The molecule has 0 aromatic carbocycles. The largest absolute Gasteiger partial charge is 0.480 e. The molecule has 0 bridgehead atoms. The Morgan fingerprint density at radius 2 is 1.89 bits per heavy atom. The minimum absolute atomic E-state index is 0.313. The molecule has 0 aromatic rings. The van der Waals surface area contributed by atoms with E-state index in [0.717, 1.165) is 0 Å². The first kappa shape index (κ1) is 16.7. The topological polar surface area (TPSA) is 75.6 Å². The van der Waals surface area contributed by atoms with Crippen molar-refractivity contribution < 1.29 is 32.6 Å². The third kappa shape index (κ3) is 7.88. The monoisotopic (exact) mass is 271 g/mol. The van der Waals surface area contributed by atoms with Crippen molar-refractivity contribution in [1.82, 2.24) is 5.32 Å². The molecular weight excluding hydrogens is 255 g/mol. The van der Waals surface area contributed by atoms with Crippen molar-refractivity contribution in [3.8, 4) is 0 Å². The van der Waals surface area contributed by atoms with Gasteiger partial charge in [-0.25, -0.2) is 4.79 Å². The van der Waals surface area contributed by atoms with Crippen LogP contribution >= 0.6 is 0 Å². The van der Waals surface area contributed by atoms with Gasteiger partial charge in [0.2, 0.25) is 5.91 Å². The molecular formula is C10H16F3NO4. The van der Waals surface area contributed by atoms with Crippen LogP contribution in [-0.2, 0) is 14.3 Å². The number of hydrogen-bond acceptors (Lipinski definition) is 3. The van der Waals surface area contributed by atoms with Crippen molar-refractivity contribution in [2.24, 2.45) is 5.92 Å². The molecule has 0 fully saturated rings. The Labute approximate surface area is 102 Å². The lowest BCUT2D eigenvalue weighted by molar-refractivity contribution is -0.174. The fourth-order valence-electron chi connectivity index (χ4n) is 1.11. The zero-order chi connectivity index (χ0) is 14.3. The summed E-state index contributed by atoms with van der Waals surface area (Å²) >= 11 is 0. The molecule has 0 rings (SSSR count). The molecule has 2 N–H and O–H groups in total. The Morgan fingerprint density at radius 3 is 2.28 bits per heavy atom. The van der Waals surface area contributed by atoms with Crippen LogP contribution in [0.5, 0.6) is 0 Å². The summed E-state index contributed by atoms with van der Waals surface area (Å²) in [5.41, 5.74) is 0. The predicted octanol–water partition coefficient (Wildman–Crippen LogP) is 1.18. The van der Waals surface area contributed by atoms with Crippen molar-refractivity contribution >= 4 is 11.9 Å². The van der Waals surface area contributed by atoms with Crippen LogP contribution < -0.4 is 5.32 Å². The lowest BCUT2D eigenvalue weighted by Gasteiger charge is -2.17. The van der Waals surface area contributed by atoms with E-state index >= 15 is 0 Å². The summed E-state index contributed by atoms with van der Waals surface area (Å²) in [4.78, 5) is 22.0. The van der Waals surface area contributed by atoms with Gasteiger partial charge in [-0.1, -0.05) is 13.8 Å². The van der Waals surface area contributed by atoms with Gasteiger partial charge >= 0.3 is 12.1 Å². The fourth-order valence-corrected chi connectivity index (χ4v) is 1.11. The molecule has 0 unspecified atom stereocenters. The Balaban J connectivity index is 3.93. The number of halogens is 3. The van der Waals surface area contributed by atoms with E-state index in [2.05, 4.69) is 10.1 Å². The van der Waals surface area contributed by atoms with E-state index in [-0.39, 0.29) is 12.3 Å². The van der Waals surface area contributed by atoms with Crippen LogP contribution in [0.1, 0.15) is 20.3 Å². The van der Waals surface area contributed by atoms with E-state index in [0.29, 0.717) is 0 Å². The van der Waals surface area contributed by atoms with Gasteiger partial charge in [-0.2, -0.15) is 13.2 Å². The number of rotatable bonds is 7. The molecule has 0 saturated carbocycles. The van der Waals surface area contributed by atoms with Crippen LogP contribution in [0.3, 0.4) is 0 Å². The van der Waals surface area contributed by atoms with E-state index in [1.807, 2.05) is 0 Å². The summed E-state index contributed by atoms with van der Waals surface area (Å²) in [6.45, 7) is 1.39. The number of carboxylic acids is 1. The number of alkyl halides is 3. The van der Waals surface area contributed by atoms with Gasteiger partial charge in [-0.15, -0.1) is 0 Å². The summed E-state index contributed by atoms with van der Waals surface area (Å²) in [5, 5.41) is 11.0. The second kappa shape index (κ2) is 7.20. The third-order valence-electron chi connectivity index (χ3n) is 1.99. The molecule has 0 aliphatic carbocycles. The number of carboxylic acid groups (broad SMARTS) is 1. The molecule has 0 heterocycles. The molecule has 106 valence electrons. The summed E-state index contributed by atoms with van der Waals surface area (Å²) in [5.74, 6) is -2.16. The number of carbonyl (C=O) groups is 2. The SMILES string of the molecule is CC(C)[C@@H](NC(=O)CCOCC(F)(F)F)C(=O)O. The van der Waals surface area contributed by atoms with Gasteiger partial charge in [0.25, 0.3) is 0 Å². The standard InChI is InChI=1S/C10H16F3NO4/c1-6(2)8(9(16)17)14-7(15)3-4-18-5-10(11,12)13/h6,8H,3-5H2,1-2H3,(H,14,15)(H,16,17)/t8-/m1/s1. The first-order chi connectivity index (χ1) is 8.13. The number of aliphatic carboxylic acids is 1. The maximum atomic E-state index is 11.7.